The van der Waals surface area contributed by atoms with Gasteiger partial charge < -0.3 is 10.4 Å². The van der Waals surface area contributed by atoms with E-state index in [1.54, 1.807) is 0 Å². The lowest BCUT2D eigenvalue weighted by molar-refractivity contribution is 0.0792. The molecule has 30 heavy (non-hydrogen) atoms. The van der Waals surface area contributed by atoms with Gasteiger partial charge in [0.05, 0.1) is 6.10 Å². The van der Waals surface area contributed by atoms with Gasteiger partial charge in [-0.25, -0.2) is 0 Å². The van der Waals surface area contributed by atoms with E-state index in [2.05, 4.69) is 46.6 Å². The maximum absolute atomic E-state index is 12.5. The van der Waals surface area contributed by atoms with E-state index in [1.165, 1.54) is 43.2 Å². The fraction of sp³-hybridized carbons (Fsp3) is 0.500. The molecule has 1 aliphatic carbocycles. The van der Waals surface area contributed by atoms with Gasteiger partial charge in [-0.3, -0.25) is 9.69 Å². The Labute approximate surface area is 180 Å². The number of rotatable bonds is 6. The van der Waals surface area contributed by atoms with Gasteiger partial charge in [-0.2, -0.15) is 0 Å². The average Bonchev–Trinajstić information content (AvgIpc) is 2.80. The number of nitrogens with one attached hydrogen (secondary N) is 1. The van der Waals surface area contributed by atoms with Crippen LogP contribution in [0.1, 0.15) is 77.9 Å². The number of hydrogen-bond donors (Lipinski definition) is 2. The molecule has 2 N–H and O–H groups in total. The third-order valence-corrected chi connectivity index (χ3v) is 6.69. The van der Waals surface area contributed by atoms with Crippen LogP contribution in [0.3, 0.4) is 0 Å². The van der Waals surface area contributed by atoms with Gasteiger partial charge >= 0.3 is 0 Å². The fourth-order valence-corrected chi connectivity index (χ4v) is 4.73. The quantitative estimate of drug-likeness (QED) is 0.736. The van der Waals surface area contributed by atoms with Gasteiger partial charge in [0.2, 0.25) is 0 Å². The third-order valence-electron chi connectivity index (χ3n) is 6.69. The Bertz CT molecular complexity index is 802. The van der Waals surface area contributed by atoms with Crippen molar-refractivity contribution in [1.29, 1.82) is 0 Å². The SMILES string of the molecule is O=C(NCc1ccc(CN2CCC(O)CC2)cc1)c1ccc(C2CCCCC2)cc1. The minimum Gasteiger partial charge on any atom is -0.393 e. The van der Waals surface area contributed by atoms with Crippen molar-refractivity contribution >= 4 is 5.91 Å². The summed E-state index contributed by atoms with van der Waals surface area (Å²) in [6.07, 6.45) is 8.18. The van der Waals surface area contributed by atoms with Gasteiger partial charge in [0, 0.05) is 31.7 Å². The topological polar surface area (TPSA) is 52.6 Å². The number of hydrogen-bond acceptors (Lipinski definition) is 3. The fourth-order valence-electron chi connectivity index (χ4n) is 4.73. The number of amides is 1. The van der Waals surface area contributed by atoms with Crippen LogP contribution in [-0.2, 0) is 13.1 Å². The number of aliphatic hydroxyl groups excluding tert-OH is 1. The molecule has 1 saturated carbocycles. The summed E-state index contributed by atoms with van der Waals surface area (Å²) in [4.78, 5) is 14.9. The molecular formula is C26H34N2O2. The van der Waals surface area contributed by atoms with E-state index < -0.39 is 0 Å². The number of nitrogens with zero attached hydrogens (tertiary/aromatic N) is 1. The summed E-state index contributed by atoms with van der Waals surface area (Å²) >= 11 is 0. The summed E-state index contributed by atoms with van der Waals surface area (Å²) in [5.41, 5.74) is 4.50. The number of benzene rings is 2. The van der Waals surface area contributed by atoms with E-state index in [0.29, 0.717) is 12.5 Å². The Morgan fingerprint density at radius 3 is 2.17 bits per heavy atom. The number of carbonyl (C=O) groups is 1. The zero-order valence-electron chi connectivity index (χ0n) is 17.9. The molecule has 0 aromatic heterocycles. The lowest BCUT2D eigenvalue weighted by atomic mass is 9.84. The molecule has 0 radical (unpaired) electrons. The highest BCUT2D eigenvalue weighted by atomic mass is 16.3. The third kappa shape index (κ3) is 5.71. The molecule has 1 amide bonds. The van der Waals surface area contributed by atoms with Crippen molar-refractivity contribution in [2.45, 2.75) is 70.1 Å². The first kappa shape index (κ1) is 21.1. The van der Waals surface area contributed by atoms with Gasteiger partial charge in [-0.15, -0.1) is 0 Å². The predicted octanol–water partition coefficient (Wildman–Crippen LogP) is 4.62. The van der Waals surface area contributed by atoms with E-state index in [9.17, 15) is 9.90 Å². The Morgan fingerprint density at radius 2 is 1.50 bits per heavy atom. The van der Waals surface area contributed by atoms with E-state index >= 15 is 0 Å². The first-order valence-corrected chi connectivity index (χ1v) is 11.5. The molecule has 2 aliphatic rings. The summed E-state index contributed by atoms with van der Waals surface area (Å²) in [5.74, 6) is 0.658. The molecule has 0 bridgehead atoms. The van der Waals surface area contributed by atoms with Gasteiger partial charge in [0.15, 0.2) is 0 Å². The smallest absolute Gasteiger partial charge is 0.251 e. The summed E-state index contributed by atoms with van der Waals surface area (Å²) in [6.45, 7) is 3.38. The zero-order valence-corrected chi connectivity index (χ0v) is 17.9. The molecule has 0 atom stereocenters. The highest BCUT2D eigenvalue weighted by Gasteiger charge is 2.17. The standard InChI is InChI=1S/C26H34N2O2/c29-25-14-16-28(17-15-25)19-21-8-6-20(7-9-21)18-27-26(30)24-12-10-23(11-13-24)22-4-2-1-3-5-22/h6-13,22,25,29H,1-5,14-19H2,(H,27,30). The Kier molecular flexibility index (Phi) is 7.19. The first-order chi connectivity index (χ1) is 14.7. The maximum atomic E-state index is 12.5. The second kappa shape index (κ2) is 10.2. The van der Waals surface area contributed by atoms with Gasteiger partial charge in [-0.05, 0) is 60.4 Å². The van der Waals surface area contributed by atoms with Crippen LogP contribution in [0.15, 0.2) is 48.5 Å². The summed E-state index contributed by atoms with van der Waals surface area (Å²) in [5, 5.41) is 12.7. The average molecular weight is 407 g/mol. The van der Waals surface area contributed by atoms with Gasteiger partial charge in [0.1, 0.15) is 0 Å². The molecular weight excluding hydrogens is 372 g/mol. The summed E-state index contributed by atoms with van der Waals surface area (Å²) in [7, 11) is 0. The lowest BCUT2D eigenvalue weighted by Crippen LogP contribution is -2.35. The van der Waals surface area contributed by atoms with Crippen LogP contribution in [0.25, 0.3) is 0 Å². The molecule has 4 nitrogen and oxygen atoms in total. The molecule has 2 aromatic rings. The van der Waals surface area contributed by atoms with Crippen molar-refractivity contribution in [2.24, 2.45) is 0 Å². The van der Waals surface area contributed by atoms with Crippen LogP contribution in [0.5, 0.6) is 0 Å². The molecule has 0 unspecified atom stereocenters. The van der Waals surface area contributed by atoms with E-state index in [0.717, 1.165) is 43.6 Å². The molecule has 1 aliphatic heterocycles. The van der Waals surface area contributed by atoms with Crippen LogP contribution in [0.4, 0.5) is 0 Å². The number of likely N-dealkylation sites (tertiary alicyclic amines) is 1. The van der Waals surface area contributed by atoms with Crippen LogP contribution < -0.4 is 5.32 Å². The van der Waals surface area contributed by atoms with E-state index in [1.807, 2.05) is 12.1 Å². The maximum Gasteiger partial charge on any atom is 0.251 e. The van der Waals surface area contributed by atoms with Gasteiger partial charge in [0.25, 0.3) is 5.91 Å². The number of aliphatic hydroxyl groups is 1. The molecule has 2 fully saturated rings. The first-order valence-electron chi connectivity index (χ1n) is 11.5. The van der Waals surface area contributed by atoms with Crippen molar-refractivity contribution in [3.63, 3.8) is 0 Å². The van der Waals surface area contributed by atoms with Crippen LogP contribution >= 0.6 is 0 Å². The van der Waals surface area contributed by atoms with Crippen LogP contribution in [0.2, 0.25) is 0 Å². The highest BCUT2D eigenvalue weighted by molar-refractivity contribution is 5.94. The summed E-state index contributed by atoms with van der Waals surface area (Å²) < 4.78 is 0. The monoisotopic (exact) mass is 406 g/mol. The Balaban J connectivity index is 1.25. The van der Waals surface area contributed by atoms with Crippen molar-refractivity contribution in [3.8, 4) is 0 Å². The highest BCUT2D eigenvalue weighted by Crippen LogP contribution is 2.32. The lowest BCUT2D eigenvalue weighted by Gasteiger charge is -2.29. The minimum absolute atomic E-state index is 0.0128. The van der Waals surface area contributed by atoms with Crippen molar-refractivity contribution in [2.75, 3.05) is 13.1 Å². The molecule has 0 spiro atoms. The molecule has 4 rings (SSSR count). The molecule has 1 saturated heterocycles. The second-order valence-corrected chi connectivity index (χ2v) is 8.96. The molecule has 160 valence electrons. The zero-order chi connectivity index (χ0) is 20.8. The second-order valence-electron chi connectivity index (χ2n) is 8.96. The number of piperidine rings is 1. The Hall–Kier alpha value is -2.17. The Morgan fingerprint density at radius 1 is 0.867 bits per heavy atom. The molecule has 1 heterocycles. The van der Waals surface area contributed by atoms with E-state index in [4.69, 9.17) is 0 Å². The molecule has 2 aromatic carbocycles. The number of carbonyl (C=O) groups excluding carboxylic acids is 1. The normalized spacial score (nSPS) is 19.0. The predicted molar refractivity (Wildman–Crippen MR) is 120 cm³/mol. The van der Waals surface area contributed by atoms with Crippen molar-refractivity contribution < 1.29 is 9.90 Å². The van der Waals surface area contributed by atoms with Crippen molar-refractivity contribution in [1.82, 2.24) is 10.2 Å². The van der Waals surface area contributed by atoms with Crippen LogP contribution in [-0.4, -0.2) is 35.1 Å². The molecule has 4 heteroatoms. The van der Waals surface area contributed by atoms with E-state index in [-0.39, 0.29) is 12.0 Å². The van der Waals surface area contributed by atoms with Gasteiger partial charge in [-0.1, -0.05) is 55.7 Å². The van der Waals surface area contributed by atoms with Crippen molar-refractivity contribution in [3.05, 3.63) is 70.8 Å². The summed E-state index contributed by atoms with van der Waals surface area (Å²) in [6, 6.07) is 16.7. The largest absolute Gasteiger partial charge is 0.393 e. The van der Waals surface area contributed by atoms with Crippen LogP contribution in [0, 0.1) is 0 Å². The minimum atomic E-state index is -0.129.